The van der Waals surface area contributed by atoms with E-state index in [1.807, 2.05) is 17.0 Å². The second-order valence-electron chi connectivity index (χ2n) is 8.47. The fourth-order valence-corrected chi connectivity index (χ4v) is 5.15. The van der Waals surface area contributed by atoms with E-state index in [0.29, 0.717) is 12.0 Å². The van der Waals surface area contributed by atoms with Gasteiger partial charge in [-0.2, -0.15) is 0 Å². The van der Waals surface area contributed by atoms with E-state index in [4.69, 9.17) is 4.74 Å². The zero-order chi connectivity index (χ0) is 18.4. The molecule has 2 aromatic rings. The van der Waals surface area contributed by atoms with Crippen molar-refractivity contribution >= 4 is 16.8 Å². The van der Waals surface area contributed by atoms with Gasteiger partial charge in [-0.1, -0.05) is 31.4 Å². The largest absolute Gasteiger partial charge is 0.489 e. The highest BCUT2D eigenvalue weighted by molar-refractivity contribution is 6.08. The van der Waals surface area contributed by atoms with Crippen LogP contribution in [0.3, 0.4) is 0 Å². The molecule has 27 heavy (non-hydrogen) atoms. The molecule has 0 N–H and O–H groups in total. The van der Waals surface area contributed by atoms with Crippen LogP contribution in [0.4, 0.5) is 0 Å². The smallest absolute Gasteiger partial charge is 0.256 e. The summed E-state index contributed by atoms with van der Waals surface area (Å²) in [5, 5.41) is 1.05. The van der Waals surface area contributed by atoms with Crippen molar-refractivity contribution in [2.24, 2.45) is 5.92 Å². The Labute approximate surface area is 160 Å². The molecule has 2 fully saturated rings. The van der Waals surface area contributed by atoms with Gasteiger partial charge in [0.2, 0.25) is 0 Å². The monoisotopic (exact) mass is 367 g/mol. The zero-order valence-corrected chi connectivity index (χ0v) is 16.2. The molecule has 0 spiro atoms. The number of piperazine rings is 1. The van der Waals surface area contributed by atoms with Crippen molar-refractivity contribution in [3.8, 4) is 5.75 Å². The normalized spacial score (nSPS) is 24.2. The van der Waals surface area contributed by atoms with Gasteiger partial charge in [-0.3, -0.25) is 4.79 Å². The van der Waals surface area contributed by atoms with Crippen molar-refractivity contribution in [1.82, 2.24) is 14.4 Å². The van der Waals surface area contributed by atoms with Crippen LogP contribution in [0.15, 0.2) is 24.4 Å². The molecule has 3 aliphatic rings. The van der Waals surface area contributed by atoms with Crippen molar-refractivity contribution in [3.05, 3.63) is 30.0 Å². The van der Waals surface area contributed by atoms with Crippen LogP contribution in [-0.4, -0.2) is 60.1 Å². The molecule has 5 nitrogen and oxygen atoms in total. The van der Waals surface area contributed by atoms with Gasteiger partial charge in [0.1, 0.15) is 12.4 Å². The van der Waals surface area contributed by atoms with E-state index in [1.165, 1.54) is 32.1 Å². The van der Waals surface area contributed by atoms with Crippen LogP contribution in [0.1, 0.15) is 48.5 Å². The number of hydrogen-bond donors (Lipinski definition) is 0. The lowest BCUT2D eigenvalue weighted by Gasteiger charge is -2.34. The Morgan fingerprint density at radius 2 is 1.85 bits per heavy atom. The predicted octanol–water partition coefficient (Wildman–Crippen LogP) is 3.54. The molecule has 1 aliphatic carbocycles. The lowest BCUT2D eigenvalue weighted by Crippen LogP contribution is -2.47. The Kier molecular flexibility index (Phi) is 4.35. The molecule has 3 heterocycles. The number of likely N-dealkylation sites (N-methyl/N-ethyl adjacent to an activating group) is 1. The quantitative estimate of drug-likeness (QED) is 0.815. The number of amides is 1. The summed E-state index contributed by atoms with van der Waals surface area (Å²) < 4.78 is 8.54. The van der Waals surface area contributed by atoms with Gasteiger partial charge in [0.05, 0.1) is 17.1 Å². The third kappa shape index (κ3) is 2.92. The minimum absolute atomic E-state index is 0.174. The number of aromatic nitrogens is 1. The van der Waals surface area contributed by atoms with Crippen molar-refractivity contribution in [2.75, 3.05) is 39.8 Å². The first-order valence-corrected chi connectivity index (χ1v) is 10.5. The van der Waals surface area contributed by atoms with E-state index in [9.17, 15) is 4.79 Å². The van der Waals surface area contributed by atoms with Crippen LogP contribution in [0.25, 0.3) is 10.9 Å². The summed E-state index contributed by atoms with van der Waals surface area (Å²) in [4.78, 5) is 17.6. The number of benzene rings is 1. The summed E-state index contributed by atoms with van der Waals surface area (Å²) in [6, 6.07) is 6.51. The van der Waals surface area contributed by atoms with Crippen molar-refractivity contribution in [1.29, 1.82) is 0 Å². The third-order valence-corrected chi connectivity index (χ3v) is 6.80. The number of carbonyl (C=O) groups is 1. The fraction of sp³-hybridized carbons (Fsp3) is 0.591. The standard InChI is InChI=1S/C22H29N3O2/c1-23-10-12-24(13-11-23)22(26)18-14-25-19(16-6-3-2-4-7-16)15-27-20-9-5-8-17(18)21(20)25/h5,8-9,14,16,19H,2-4,6-7,10-13,15H2,1H3/t19-/m0/s1. The molecule has 5 rings (SSSR count). The van der Waals surface area contributed by atoms with Crippen LogP contribution >= 0.6 is 0 Å². The molecule has 0 unspecified atom stereocenters. The second-order valence-corrected chi connectivity index (χ2v) is 8.47. The highest BCUT2D eigenvalue weighted by Gasteiger charge is 2.33. The predicted molar refractivity (Wildman–Crippen MR) is 106 cm³/mol. The van der Waals surface area contributed by atoms with E-state index in [0.717, 1.165) is 55.0 Å². The van der Waals surface area contributed by atoms with E-state index < -0.39 is 0 Å². The zero-order valence-electron chi connectivity index (χ0n) is 16.2. The van der Waals surface area contributed by atoms with Gasteiger partial charge >= 0.3 is 0 Å². The summed E-state index contributed by atoms with van der Waals surface area (Å²) in [6.07, 6.45) is 8.68. The van der Waals surface area contributed by atoms with Gasteiger partial charge < -0.3 is 19.1 Å². The summed E-state index contributed by atoms with van der Waals surface area (Å²) in [6.45, 7) is 4.25. The molecule has 0 bridgehead atoms. The number of ether oxygens (including phenoxy) is 1. The Balaban J connectivity index is 1.53. The summed E-state index contributed by atoms with van der Waals surface area (Å²) in [5.41, 5.74) is 1.97. The number of carbonyl (C=O) groups excluding carboxylic acids is 1. The van der Waals surface area contributed by atoms with E-state index in [-0.39, 0.29) is 5.91 Å². The SMILES string of the molecule is CN1CCN(C(=O)c2cn3c4c(cccc24)OC[C@H]3C2CCCCC2)CC1. The average molecular weight is 367 g/mol. The molecule has 1 atom stereocenters. The van der Waals surface area contributed by atoms with Gasteiger partial charge in [0, 0.05) is 37.8 Å². The van der Waals surface area contributed by atoms with Crippen LogP contribution in [0.2, 0.25) is 0 Å². The molecule has 144 valence electrons. The third-order valence-electron chi connectivity index (χ3n) is 6.80. The topological polar surface area (TPSA) is 37.7 Å². The maximum Gasteiger partial charge on any atom is 0.256 e. The first-order chi connectivity index (χ1) is 13.2. The highest BCUT2D eigenvalue weighted by Crippen LogP contribution is 2.42. The van der Waals surface area contributed by atoms with Crippen molar-refractivity contribution in [2.45, 2.75) is 38.1 Å². The Morgan fingerprint density at radius 1 is 1.07 bits per heavy atom. The Hall–Kier alpha value is -2.01. The molecule has 0 radical (unpaired) electrons. The summed E-state index contributed by atoms with van der Waals surface area (Å²) in [7, 11) is 2.12. The Bertz CT molecular complexity index is 845. The summed E-state index contributed by atoms with van der Waals surface area (Å²) >= 11 is 0. The first-order valence-electron chi connectivity index (χ1n) is 10.5. The second kappa shape index (κ2) is 6.86. The lowest BCUT2D eigenvalue weighted by atomic mass is 9.83. The van der Waals surface area contributed by atoms with Gasteiger partial charge in [-0.15, -0.1) is 0 Å². The molecular weight excluding hydrogens is 338 g/mol. The molecule has 1 aromatic heterocycles. The minimum atomic E-state index is 0.174. The van der Waals surface area contributed by atoms with Gasteiger partial charge in [0.15, 0.2) is 0 Å². The van der Waals surface area contributed by atoms with E-state index >= 15 is 0 Å². The Morgan fingerprint density at radius 3 is 2.63 bits per heavy atom. The number of rotatable bonds is 2. The van der Waals surface area contributed by atoms with E-state index in [2.05, 4.69) is 28.8 Å². The molecule has 5 heteroatoms. The van der Waals surface area contributed by atoms with Crippen LogP contribution in [-0.2, 0) is 0 Å². The van der Waals surface area contributed by atoms with E-state index in [1.54, 1.807) is 0 Å². The molecular formula is C22H29N3O2. The summed E-state index contributed by atoms with van der Waals surface area (Å²) in [5.74, 6) is 1.76. The van der Waals surface area contributed by atoms with Crippen molar-refractivity contribution < 1.29 is 9.53 Å². The average Bonchev–Trinajstić information content (AvgIpc) is 3.10. The molecule has 2 aliphatic heterocycles. The van der Waals surface area contributed by atoms with Crippen LogP contribution in [0.5, 0.6) is 5.75 Å². The minimum Gasteiger partial charge on any atom is -0.489 e. The fourth-order valence-electron chi connectivity index (χ4n) is 5.15. The highest BCUT2D eigenvalue weighted by atomic mass is 16.5. The number of hydrogen-bond acceptors (Lipinski definition) is 3. The van der Waals surface area contributed by atoms with Gasteiger partial charge in [-0.05, 0) is 31.9 Å². The van der Waals surface area contributed by atoms with Crippen LogP contribution < -0.4 is 4.74 Å². The van der Waals surface area contributed by atoms with Crippen molar-refractivity contribution in [3.63, 3.8) is 0 Å². The lowest BCUT2D eigenvalue weighted by molar-refractivity contribution is 0.0665. The number of nitrogens with zero attached hydrogens (tertiary/aromatic N) is 3. The molecule has 1 amide bonds. The van der Waals surface area contributed by atoms with Gasteiger partial charge in [0.25, 0.3) is 5.91 Å². The van der Waals surface area contributed by atoms with Gasteiger partial charge in [-0.25, -0.2) is 0 Å². The maximum absolute atomic E-state index is 13.3. The number of para-hydroxylation sites is 1. The van der Waals surface area contributed by atoms with Crippen LogP contribution in [0, 0.1) is 5.92 Å². The molecule has 1 saturated heterocycles. The molecule has 1 aromatic carbocycles. The maximum atomic E-state index is 13.3. The molecule has 1 saturated carbocycles. The first kappa shape index (κ1) is 17.1.